The number of halogens is 3. The molecule has 0 bridgehead atoms. The van der Waals surface area contributed by atoms with Crippen LogP contribution in [-0.4, -0.2) is 23.2 Å². The van der Waals surface area contributed by atoms with Crippen LogP contribution >= 0.6 is 10.7 Å². The van der Waals surface area contributed by atoms with E-state index in [1.54, 1.807) is 6.07 Å². The molecule has 0 unspecified atom stereocenters. The van der Waals surface area contributed by atoms with Crippen molar-refractivity contribution >= 4 is 30.6 Å². The molecule has 0 fully saturated rings. The Morgan fingerprint density at radius 3 is 2.67 bits per heavy atom. The molecule has 1 N–H and O–H groups in total. The number of aromatic amines is 1. The maximum Gasteiger partial charge on any atom is 0.266 e. The van der Waals surface area contributed by atoms with Gasteiger partial charge in [0.1, 0.15) is 4.90 Å². The standard InChI is InChI=1S/C12H8ClF2N3O2S/c13-21(19,20)9-6-16-10-7(9)2-3-8(12(14)15)11(10)18-5-1-4-17-18/h1-6,12,16H. The van der Waals surface area contributed by atoms with Crippen molar-refractivity contribution in [1.82, 2.24) is 14.8 Å². The lowest BCUT2D eigenvalue weighted by Crippen LogP contribution is -2.02. The topological polar surface area (TPSA) is 67.8 Å². The summed E-state index contributed by atoms with van der Waals surface area (Å²) >= 11 is 0. The first-order chi connectivity index (χ1) is 9.89. The van der Waals surface area contributed by atoms with Crippen molar-refractivity contribution in [2.24, 2.45) is 0 Å². The molecule has 0 aliphatic carbocycles. The van der Waals surface area contributed by atoms with Gasteiger partial charge in [0.15, 0.2) is 0 Å². The van der Waals surface area contributed by atoms with Gasteiger partial charge in [0.05, 0.1) is 11.2 Å². The fourth-order valence-corrected chi connectivity index (χ4v) is 3.22. The third-order valence-electron chi connectivity index (χ3n) is 3.05. The van der Waals surface area contributed by atoms with E-state index in [1.165, 1.54) is 35.4 Å². The van der Waals surface area contributed by atoms with Crippen LogP contribution in [0.3, 0.4) is 0 Å². The van der Waals surface area contributed by atoms with E-state index in [0.29, 0.717) is 0 Å². The van der Waals surface area contributed by atoms with Crippen molar-refractivity contribution < 1.29 is 17.2 Å². The van der Waals surface area contributed by atoms with Gasteiger partial charge in [0, 0.05) is 40.2 Å². The zero-order chi connectivity index (χ0) is 15.2. The average molecular weight is 332 g/mol. The molecule has 0 atom stereocenters. The molecule has 3 rings (SSSR count). The normalized spacial score (nSPS) is 12.4. The summed E-state index contributed by atoms with van der Waals surface area (Å²) in [5.41, 5.74) is 0.0707. The third kappa shape index (κ3) is 2.30. The fraction of sp³-hybridized carbons (Fsp3) is 0.0833. The van der Waals surface area contributed by atoms with E-state index < -0.39 is 15.5 Å². The number of hydrogen-bond acceptors (Lipinski definition) is 3. The van der Waals surface area contributed by atoms with Gasteiger partial charge >= 0.3 is 0 Å². The molecule has 0 amide bonds. The molecule has 0 saturated heterocycles. The smallest absolute Gasteiger partial charge is 0.266 e. The number of aromatic nitrogens is 3. The van der Waals surface area contributed by atoms with Gasteiger partial charge in [-0.2, -0.15) is 5.10 Å². The molecule has 9 heteroatoms. The Bertz CT molecular complexity index is 904. The Morgan fingerprint density at radius 1 is 1.33 bits per heavy atom. The molecular formula is C12H8ClF2N3O2S. The SMILES string of the molecule is O=S(=O)(Cl)c1c[nH]c2c(-n3cccn3)c(C(F)F)ccc12. The van der Waals surface area contributed by atoms with E-state index >= 15 is 0 Å². The van der Waals surface area contributed by atoms with Crippen LogP contribution in [0.5, 0.6) is 0 Å². The van der Waals surface area contributed by atoms with E-state index in [1.807, 2.05) is 0 Å². The number of fused-ring (bicyclic) bond motifs is 1. The zero-order valence-corrected chi connectivity index (χ0v) is 11.9. The van der Waals surface area contributed by atoms with Crippen molar-refractivity contribution in [1.29, 1.82) is 0 Å². The predicted octanol–water partition coefficient (Wildman–Crippen LogP) is 3.22. The van der Waals surface area contributed by atoms with Gasteiger partial charge in [-0.05, 0) is 6.07 Å². The Morgan fingerprint density at radius 2 is 2.10 bits per heavy atom. The number of H-pyrrole nitrogens is 1. The number of hydrogen-bond donors (Lipinski definition) is 1. The van der Waals surface area contributed by atoms with E-state index in [-0.39, 0.29) is 27.0 Å². The van der Waals surface area contributed by atoms with Gasteiger partial charge in [-0.25, -0.2) is 21.9 Å². The average Bonchev–Trinajstić information content (AvgIpc) is 3.05. The van der Waals surface area contributed by atoms with Crippen LogP contribution < -0.4 is 0 Å². The molecule has 0 saturated carbocycles. The molecule has 3 aromatic rings. The first-order valence-electron chi connectivity index (χ1n) is 5.76. The molecule has 5 nitrogen and oxygen atoms in total. The van der Waals surface area contributed by atoms with Crippen LogP contribution in [0.1, 0.15) is 12.0 Å². The summed E-state index contributed by atoms with van der Waals surface area (Å²) in [6.07, 6.45) is 1.38. The summed E-state index contributed by atoms with van der Waals surface area (Å²) in [5, 5.41) is 4.17. The predicted molar refractivity (Wildman–Crippen MR) is 73.4 cm³/mol. The largest absolute Gasteiger partial charge is 0.358 e. The number of nitrogens with one attached hydrogen (secondary N) is 1. The molecule has 21 heavy (non-hydrogen) atoms. The number of alkyl halides is 2. The van der Waals surface area contributed by atoms with E-state index in [4.69, 9.17) is 10.7 Å². The van der Waals surface area contributed by atoms with Gasteiger partial charge < -0.3 is 4.98 Å². The monoisotopic (exact) mass is 331 g/mol. The van der Waals surface area contributed by atoms with Crippen LogP contribution in [0, 0.1) is 0 Å². The molecule has 1 aromatic carbocycles. The third-order valence-corrected chi connectivity index (χ3v) is 4.42. The quantitative estimate of drug-likeness (QED) is 0.749. The summed E-state index contributed by atoms with van der Waals surface area (Å²) in [4.78, 5) is 2.53. The molecule has 110 valence electrons. The number of nitrogens with zero attached hydrogens (tertiary/aromatic N) is 2. The maximum atomic E-state index is 13.2. The summed E-state index contributed by atoms with van der Waals surface area (Å²) in [5.74, 6) is 0. The zero-order valence-electron chi connectivity index (χ0n) is 10.3. The van der Waals surface area contributed by atoms with Crippen LogP contribution in [0.15, 0.2) is 41.7 Å². The fourth-order valence-electron chi connectivity index (χ4n) is 2.20. The summed E-state index contributed by atoms with van der Waals surface area (Å²) in [7, 11) is 1.36. The van der Waals surface area contributed by atoms with Crippen molar-refractivity contribution in [3.05, 3.63) is 42.4 Å². The van der Waals surface area contributed by atoms with Gasteiger partial charge in [0.25, 0.3) is 15.5 Å². The molecule has 0 aliphatic heterocycles. The van der Waals surface area contributed by atoms with Crippen molar-refractivity contribution in [2.75, 3.05) is 0 Å². The van der Waals surface area contributed by atoms with Crippen molar-refractivity contribution in [2.45, 2.75) is 11.3 Å². The second kappa shape index (κ2) is 4.81. The van der Waals surface area contributed by atoms with Crippen LogP contribution in [0.4, 0.5) is 8.78 Å². The highest BCUT2D eigenvalue weighted by Gasteiger charge is 2.23. The van der Waals surface area contributed by atoms with Gasteiger partial charge in [0.2, 0.25) is 0 Å². The second-order valence-electron chi connectivity index (χ2n) is 4.27. The first kappa shape index (κ1) is 14.0. The van der Waals surface area contributed by atoms with E-state index in [9.17, 15) is 17.2 Å². The summed E-state index contributed by atoms with van der Waals surface area (Å²) in [6.45, 7) is 0. The molecule has 2 aromatic heterocycles. The lowest BCUT2D eigenvalue weighted by molar-refractivity contribution is 0.151. The molecule has 0 spiro atoms. The summed E-state index contributed by atoms with van der Waals surface area (Å²) < 4.78 is 50.6. The minimum absolute atomic E-state index is 0.0964. The molecule has 0 aliphatic rings. The highest BCUT2D eigenvalue weighted by Crippen LogP contribution is 2.35. The first-order valence-corrected chi connectivity index (χ1v) is 8.07. The Labute approximate surface area is 122 Å². The second-order valence-corrected chi connectivity index (χ2v) is 6.80. The Hall–Kier alpha value is -1.93. The van der Waals surface area contributed by atoms with Crippen LogP contribution in [-0.2, 0) is 9.05 Å². The summed E-state index contributed by atoms with van der Waals surface area (Å²) in [6, 6.07) is 4.05. The van der Waals surface area contributed by atoms with E-state index in [2.05, 4.69) is 10.1 Å². The number of benzene rings is 1. The van der Waals surface area contributed by atoms with Gasteiger partial charge in [-0.15, -0.1) is 0 Å². The highest BCUT2D eigenvalue weighted by atomic mass is 35.7. The van der Waals surface area contributed by atoms with Crippen LogP contribution in [0.2, 0.25) is 0 Å². The van der Waals surface area contributed by atoms with Crippen molar-refractivity contribution in [3.8, 4) is 5.69 Å². The highest BCUT2D eigenvalue weighted by molar-refractivity contribution is 8.14. The molecular weight excluding hydrogens is 324 g/mol. The molecule has 2 heterocycles. The lowest BCUT2D eigenvalue weighted by Gasteiger charge is -2.10. The van der Waals surface area contributed by atoms with Gasteiger partial charge in [-0.3, -0.25) is 0 Å². The van der Waals surface area contributed by atoms with Gasteiger partial charge in [-0.1, -0.05) is 12.1 Å². The van der Waals surface area contributed by atoms with Crippen LogP contribution in [0.25, 0.3) is 16.6 Å². The lowest BCUT2D eigenvalue weighted by atomic mass is 10.1. The number of rotatable bonds is 3. The molecule has 0 radical (unpaired) electrons. The van der Waals surface area contributed by atoms with E-state index in [0.717, 1.165) is 0 Å². The van der Waals surface area contributed by atoms with Crippen molar-refractivity contribution in [3.63, 3.8) is 0 Å². The maximum absolute atomic E-state index is 13.2. The Balaban J connectivity index is 2.41. The minimum Gasteiger partial charge on any atom is -0.358 e. The minimum atomic E-state index is -3.98. The Kier molecular flexibility index (Phi) is 3.22.